The number of piperazine rings is 1. The van der Waals surface area contributed by atoms with Gasteiger partial charge in [-0.05, 0) is 5.56 Å². The molecule has 4 N–H and O–H groups in total. The molecule has 0 unspecified atom stereocenters. The van der Waals surface area contributed by atoms with Crippen molar-refractivity contribution in [2.24, 2.45) is 0 Å². The minimum atomic E-state index is -0.161. The maximum atomic E-state index is 12.3. The van der Waals surface area contributed by atoms with E-state index in [1.165, 1.54) is 10.5 Å². The number of hydrogen-bond donors (Lipinski definition) is 2. The van der Waals surface area contributed by atoms with Crippen LogP contribution in [0.1, 0.15) is 5.56 Å². The van der Waals surface area contributed by atoms with E-state index < -0.39 is 0 Å². The van der Waals surface area contributed by atoms with Gasteiger partial charge in [-0.25, -0.2) is 0 Å². The fraction of sp³-hybridized carbons (Fsp3) is 0.500. The highest BCUT2D eigenvalue weighted by molar-refractivity contribution is 5.80. The van der Waals surface area contributed by atoms with Crippen molar-refractivity contribution in [3.63, 3.8) is 0 Å². The summed E-state index contributed by atoms with van der Waals surface area (Å²) in [6.07, 6.45) is 0.735. The SMILES string of the molecule is C[NH+]1CCN(C(=O)[C@@H]([NH3+])Cc2ccccc2)CC1. The summed E-state index contributed by atoms with van der Waals surface area (Å²) in [6.45, 7) is 3.82. The summed E-state index contributed by atoms with van der Waals surface area (Å²) in [5.74, 6) is 0.200. The van der Waals surface area contributed by atoms with Crippen LogP contribution in [0.15, 0.2) is 30.3 Å². The molecule has 1 aromatic rings. The Labute approximate surface area is 108 Å². The number of carbonyl (C=O) groups is 1. The molecule has 0 aliphatic carbocycles. The number of nitrogens with one attached hydrogen (secondary N) is 1. The Morgan fingerprint density at radius 1 is 1.33 bits per heavy atom. The van der Waals surface area contributed by atoms with Gasteiger partial charge in [-0.2, -0.15) is 0 Å². The molecule has 1 aromatic carbocycles. The number of quaternary nitrogens is 2. The molecule has 1 atom stereocenters. The van der Waals surface area contributed by atoms with Crippen LogP contribution in [0, 0.1) is 0 Å². The quantitative estimate of drug-likeness (QED) is 0.652. The molecule has 0 bridgehead atoms. The first-order valence-electron chi connectivity index (χ1n) is 6.64. The van der Waals surface area contributed by atoms with Crippen LogP contribution < -0.4 is 10.6 Å². The van der Waals surface area contributed by atoms with E-state index in [0.717, 1.165) is 32.6 Å². The van der Waals surface area contributed by atoms with Crippen LogP contribution >= 0.6 is 0 Å². The minimum absolute atomic E-state index is 0.161. The number of rotatable bonds is 3. The molecule has 98 valence electrons. The average molecular weight is 249 g/mol. The molecule has 0 aromatic heterocycles. The van der Waals surface area contributed by atoms with Crippen molar-refractivity contribution in [3.05, 3.63) is 35.9 Å². The molecule has 0 spiro atoms. The summed E-state index contributed by atoms with van der Waals surface area (Å²) in [4.78, 5) is 15.7. The summed E-state index contributed by atoms with van der Waals surface area (Å²) in [7, 11) is 2.17. The second kappa shape index (κ2) is 5.98. The first-order chi connectivity index (χ1) is 8.66. The molecule has 1 heterocycles. The Morgan fingerprint density at radius 3 is 2.56 bits per heavy atom. The second-order valence-corrected chi connectivity index (χ2v) is 5.17. The van der Waals surface area contributed by atoms with Crippen molar-refractivity contribution in [2.75, 3.05) is 33.2 Å². The van der Waals surface area contributed by atoms with Gasteiger partial charge in [0.05, 0.1) is 33.2 Å². The Kier molecular flexibility index (Phi) is 4.33. The third kappa shape index (κ3) is 3.31. The zero-order valence-corrected chi connectivity index (χ0v) is 11.1. The van der Waals surface area contributed by atoms with Gasteiger partial charge in [0.2, 0.25) is 0 Å². The van der Waals surface area contributed by atoms with E-state index in [9.17, 15) is 4.79 Å². The van der Waals surface area contributed by atoms with Gasteiger partial charge < -0.3 is 15.5 Å². The molecule has 0 radical (unpaired) electrons. The summed E-state index contributed by atoms with van der Waals surface area (Å²) < 4.78 is 0. The summed E-state index contributed by atoms with van der Waals surface area (Å²) >= 11 is 0. The molecule has 1 aliphatic heterocycles. The van der Waals surface area contributed by atoms with Crippen molar-refractivity contribution in [3.8, 4) is 0 Å². The van der Waals surface area contributed by atoms with E-state index in [2.05, 4.69) is 24.9 Å². The molecular weight excluding hydrogens is 226 g/mol. The highest BCUT2D eigenvalue weighted by atomic mass is 16.2. The first kappa shape index (κ1) is 13.1. The summed E-state index contributed by atoms with van der Waals surface area (Å²) in [6, 6.07) is 9.95. The minimum Gasteiger partial charge on any atom is -0.347 e. The molecule has 1 amide bonds. The van der Waals surface area contributed by atoms with Crippen LogP contribution in [0.3, 0.4) is 0 Å². The smallest absolute Gasteiger partial charge is 0.281 e. The van der Waals surface area contributed by atoms with Crippen molar-refractivity contribution >= 4 is 5.91 Å². The van der Waals surface area contributed by atoms with Gasteiger partial charge in [-0.1, -0.05) is 30.3 Å². The van der Waals surface area contributed by atoms with E-state index in [0.29, 0.717) is 0 Å². The maximum Gasteiger partial charge on any atom is 0.281 e. The first-order valence-corrected chi connectivity index (χ1v) is 6.64. The van der Waals surface area contributed by atoms with Crippen molar-refractivity contribution in [1.29, 1.82) is 0 Å². The number of hydrogen-bond acceptors (Lipinski definition) is 1. The molecule has 4 heteroatoms. The van der Waals surface area contributed by atoms with E-state index in [1.54, 1.807) is 0 Å². The van der Waals surface area contributed by atoms with Crippen LogP contribution in [0.4, 0.5) is 0 Å². The third-order valence-corrected chi connectivity index (χ3v) is 3.60. The van der Waals surface area contributed by atoms with Crippen LogP contribution in [-0.4, -0.2) is 50.1 Å². The van der Waals surface area contributed by atoms with Gasteiger partial charge in [0, 0.05) is 6.42 Å². The molecular formula is C14H23N3O+2. The number of amides is 1. The molecule has 1 saturated heterocycles. The Morgan fingerprint density at radius 2 is 1.94 bits per heavy atom. The largest absolute Gasteiger partial charge is 0.347 e. The van der Waals surface area contributed by atoms with Gasteiger partial charge in [0.15, 0.2) is 6.04 Å². The van der Waals surface area contributed by atoms with E-state index in [-0.39, 0.29) is 11.9 Å². The Balaban J connectivity index is 1.89. The molecule has 1 aliphatic rings. The fourth-order valence-electron chi connectivity index (χ4n) is 2.35. The summed E-state index contributed by atoms with van der Waals surface area (Å²) in [5.41, 5.74) is 5.22. The van der Waals surface area contributed by atoms with Crippen LogP contribution in [0.2, 0.25) is 0 Å². The van der Waals surface area contributed by atoms with E-state index >= 15 is 0 Å². The second-order valence-electron chi connectivity index (χ2n) is 5.17. The predicted octanol–water partition coefficient (Wildman–Crippen LogP) is -1.80. The topological polar surface area (TPSA) is 52.4 Å². The van der Waals surface area contributed by atoms with Crippen LogP contribution in [-0.2, 0) is 11.2 Å². The fourth-order valence-corrected chi connectivity index (χ4v) is 2.35. The monoisotopic (exact) mass is 249 g/mol. The molecule has 0 saturated carbocycles. The molecule has 18 heavy (non-hydrogen) atoms. The Hall–Kier alpha value is -1.39. The van der Waals surface area contributed by atoms with Crippen molar-refractivity contribution < 1.29 is 15.4 Å². The number of likely N-dealkylation sites (N-methyl/N-ethyl adjacent to an activating group) is 1. The average Bonchev–Trinajstić information content (AvgIpc) is 2.40. The van der Waals surface area contributed by atoms with Crippen LogP contribution in [0.5, 0.6) is 0 Å². The van der Waals surface area contributed by atoms with Crippen molar-refractivity contribution in [2.45, 2.75) is 12.5 Å². The predicted molar refractivity (Wildman–Crippen MR) is 70.0 cm³/mol. The maximum absolute atomic E-state index is 12.3. The normalized spacial score (nSPS) is 18.7. The van der Waals surface area contributed by atoms with Gasteiger partial charge in [-0.3, -0.25) is 4.79 Å². The van der Waals surface area contributed by atoms with Gasteiger partial charge >= 0.3 is 0 Å². The van der Waals surface area contributed by atoms with E-state index in [1.807, 2.05) is 23.1 Å². The number of benzene rings is 1. The van der Waals surface area contributed by atoms with E-state index in [4.69, 9.17) is 0 Å². The lowest BCUT2D eigenvalue weighted by atomic mass is 10.1. The molecule has 2 rings (SSSR count). The number of nitrogens with zero attached hydrogens (tertiary/aromatic N) is 1. The zero-order chi connectivity index (χ0) is 13.0. The molecule has 1 fully saturated rings. The lowest BCUT2D eigenvalue weighted by molar-refractivity contribution is -0.883. The highest BCUT2D eigenvalue weighted by Crippen LogP contribution is 2.03. The Bertz CT molecular complexity index is 385. The van der Waals surface area contributed by atoms with Crippen molar-refractivity contribution in [1.82, 2.24) is 4.90 Å². The van der Waals surface area contributed by atoms with Gasteiger partial charge in [-0.15, -0.1) is 0 Å². The lowest BCUT2D eigenvalue weighted by Crippen LogP contribution is -3.12. The summed E-state index contributed by atoms with van der Waals surface area (Å²) in [5, 5.41) is 0. The zero-order valence-electron chi connectivity index (χ0n) is 11.1. The third-order valence-electron chi connectivity index (χ3n) is 3.60. The highest BCUT2D eigenvalue weighted by Gasteiger charge is 2.27. The molecule has 4 nitrogen and oxygen atoms in total. The number of carbonyl (C=O) groups excluding carboxylic acids is 1. The van der Waals surface area contributed by atoms with Gasteiger partial charge in [0.25, 0.3) is 5.91 Å². The standard InChI is InChI=1S/C14H21N3O/c1-16-7-9-17(10-8-16)14(18)13(15)11-12-5-3-2-4-6-12/h2-6,13H,7-11,15H2,1H3/p+2/t13-/m0/s1. The lowest BCUT2D eigenvalue weighted by Gasteiger charge is -2.30. The van der Waals surface area contributed by atoms with Gasteiger partial charge in [0.1, 0.15) is 0 Å². The van der Waals surface area contributed by atoms with Crippen LogP contribution in [0.25, 0.3) is 0 Å².